The minimum Gasteiger partial charge on any atom is -0.378 e. The van der Waals surface area contributed by atoms with Gasteiger partial charge in [0.1, 0.15) is 5.82 Å². The number of amides is 1. The normalized spacial score (nSPS) is 14.4. The molecule has 1 fully saturated rings. The summed E-state index contributed by atoms with van der Waals surface area (Å²) in [5.41, 5.74) is 5.38. The average molecular weight is 439 g/mol. The molecule has 0 radical (unpaired) electrons. The van der Waals surface area contributed by atoms with Crippen molar-refractivity contribution < 1.29 is 9.53 Å². The molecule has 166 valence electrons. The Morgan fingerprint density at radius 3 is 2.45 bits per heavy atom. The van der Waals surface area contributed by atoms with Crippen LogP contribution in [0, 0.1) is 0 Å². The molecule has 33 heavy (non-hydrogen) atoms. The Balaban J connectivity index is 1.43. The van der Waals surface area contributed by atoms with Gasteiger partial charge in [-0.25, -0.2) is 4.98 Å². The Kier molecular flexibility index (Phi) is 6.17. The molecule has 4 aromatic rings. The minimum absolute atomic E-state index is 0.171. The van der Waals surface area contributed by atoms with Gasteiger partial charge in [0.2, 0.25) is 0 Å². The average Bonchev–Trinajstić information content (AvgIpc) is 3.31. The zero-order valence-corrected chi connectivity index (χ0v) is 18.3. The van der Waals surface area contributed by atoms with Crippen LogP contribution in [0.3, 0.4) is 0 Å². The fourth-order valence-electron chi connectivity index (χ4n) is 3.96. The van der Waals surface area contributed by atoms with Gasteiger partial charge in [0.05, 0.1) is 29.8 Å². The lowest BCUT2D eigenvalue weighted by molar-refractivity contribution is -0.115. The third-order valence-electron chi connectivity index (χ3n) is 5.77. The fourth-order valence-corrected chi connectivity index (χ4v) is 3.96. The molecule has 0 aliphatic carbocycles. The van der Waals surface area contributed by atoms with E-state index in [0.29, 0.717) is 17.9 Å². The Morgan fingerprint density at radius 2 is 1.70 bits per heavy atom. The van der Waals surface area contributed by atoms with Crippen LogP contribution >= 0.6 is 0 Å². The maximum absolute atomic E-state index is 13.3. The zero-order valence-electron chi connectivity index (χ0n) is 18.3. The van der Waals surface area contributed by atoms with Crippen LogP contribution in [0.15, 0.2) is 78.9 Å². The second-order valence-electron chi connectivity index (χ2n) is 8.02. The highest BCUT2D eigenvalue weighted by Gasteiger charge is 2.17. The van der Waals surface area contributed by atoms with E-state index in [4.69, 9.17) is 4.74 Å². The molecule has 0 spiro atoms. The predicted octanol–water partition coefficient (Wildman–Crippen LogP) is 4.26. The molecule has 1 aromatic heterocycles. The summed E-state index contributed by atoms with van der Waals surface area (Å²) in [5.74, 6) is 0.384. The molecule has 0 unspecified atom stereocenters. The van der Waals surface area contributed by atoms with Crippen molar-refractivity contribution in [1.29, 1.82) is 0 Å². The number of benzene rings is 3. The van der Waals surface area contributed by atoms with Gasteiger partial charge in [0, 0.05) is 25.3 Å². The van der Waals surface area contributed by atoms with Crippen LogP contribution < -0.4 is 10.2 Å². The van der Waals surface area contributed by atoms with Crippen LogP contribution in [0.1, 0.15) is 17.0 Å². The number of aromatic nitrogens is 2. The van der Waals surface area contributed by atoms with Crippen molar-refractivity contribution in [3.05, 3.63) is 95.8 Å². The first-order chi connectivity index (χ1) is 16.3. The summed E-state index contributed by atoms with van der Waals surface area (Å²) in [6.45, 7) is 3.73. The Morgan fingerprint density at radius 1 is 0.970 bits per heavy atom. The van der Waals surface area contributed by atoms with Crippen LogP contribution in [0.5, 0.6) is 0 Å². The number of ether oxygens (including phenoxy) is 1. The van der Waals surface area contributed by atoms with Gasteiger partial charge in [-0.15, -0.1) is 0 Å². The van der Waals surface area contributed by atoms with E-state index < -0.39 is 0 Å². The molecule has 6 nitrogen and oxygen atoms in total. The number of hydrogen-bond donors (Lipinski definition) is 2. The Bertz CT molecular complexity index is 1220. The van der Waals surface area contributed by atoms with E-state index in [1.54, 1.807) is 0 Å². The quantitative estimate of drug-likeness (QED) is 0.442. The number of hydrogen-bond acceptors (Lipinski definition) is 4. The SMILES string of the molecule is O=C(NCc1ccccc1)/C(=C/c1ccc(N2CCOCC2)cc1)c1nc2ccccc2[nH]1. The van der Waals surface area contributed by atoms with Gasteiger partial charge in [-0.05, 0) is 41.5 Å². The molecule has 3 aromatic carbocycles. The highest BCUT2D eigenvalue weighted by atomic mass is 16.5. The minimum atomic E-state index is -0.171. The first-order valence-electron chi connectivity index (χ1n) is 11.2. The lowest BCUT2D eigenvalue weighted by Crippen LogP contribution is -2.36. The summed E-state index contributed by atoms with van der Waals surface area (Å²) in [4.78, 5) is 23.5. The van der Waals surface area contributed by atoms with Crippen molar-refractivity contribution >= 4 is 34.3 Å². The van der Waals surface area contributed by atoms with Crippen molar-refractivity contribution in [3.63, 3.8) is 0 Å². The van der Waals surface area contributed by atoms with Gasteiger partial charge in [0.25, 0.3) is 5.91 Å². The van der Waals surface area contributed by atoms with Crippen molar-refractivity contribution in [2.75, 3.05) is 31.2 Å². The molecule has 1 amide bonds. The molecule has 1 aliphatic heterocycles. The van der Waals surface area contributed by atoms with Crippen LogP contribution in [-0.2, 0) is 16.1 Å². The van der Waals surface area contributed by atoms with E-state index in [9.17, 15) is 4.79 Å². The number of carbonyl (C=O) groups is 1. The molecule has 1 saturated heterocycles. The summed E-state index contributed by atoms with van der Waals surface area (Å²) in [6, 6.07) is 25.9. The molecule has 5 rings (SSSR count). The van der Waals surface area contributed by atoms with E-state index in [-0.39, 0.29) is 5.91 Å². The van der Waals surface area contributed by atoms with Crippen LogP contribution in [0.4, 0.5) is 5.69 Å². The summed E-state index contributed by atoms with van der Waals surface area (Å²) in [7, 11) is 0. The third-order valence-corrected chi connectivity index (χ3v) is 5.77. The number of nitrogens with one attached hydrogen (secondary N) is 2. The standard InChI is InChI=1S/C27H26N4O2/c32-27(28-19-21-6-2-1-3-7-21)23(26-29-24-8-4-5-9-25(24)30-26)18-20-10-12-22(13-11-20)31-14-16-33-17-15-31/h1-13,18H,14-17,19H2,(H,28,32)(H,29,30)/b23-18+. The Labute approximate surface area is 192 Å². The number of imidazole rings is 1. The lowest BCUT2D eigenvalue weighted by atomic mass is 10.1. The maximum atomic E-state index is 13.3. The highest BCUT2D eigenvalue weighted by molar-refractivity contribution is 6.23. The van der Waals surface area contributed by atoms with E-state index >= 15 is 0 Å². The number of morpholine rings is 1. The molecular formula is C27H26N4O2. The van der Waals surface area contributed by atoms with Gasteiger partial charge >= 0.3 is 0 Å². The molecule has 6 heteroatoms. The van der Waals surface area contributed by atoms with E-state index in [1.807, 2.05) is 72.8 Å². The zero-order chi connectivity index (χ0) is 22.5. The van der Waals surface area contributed by atoms with Gasteiger partial charge in [-0.2, -0.15) is 0 Å². The number of aromatic amines is 1. The summed E-state index contributed by atoms with van der Waals surface area (Å²) in [5, 5.41) is 3.04. The third kappa shape index (κ3) is 4.96. The number of rotatable bonds is 6. The summed E-state index contributed by atoms with van der Waals surface area (Å²) in [6.07, 6.45) is 1.89. The Hall–Kier alpha value is -3.90. The number of carbonyl (C=O) groups excluding carboxylic acids is 1. The summed E-state index contributed by atoms with van der Waals surface area (Å²) < 4.78 is 5.45. The number of anilines is 1. The van der Waals surface area contributed by atoms with Crippen molar-refractivity contribution in [3.8, 4) is 0 Å². The number of nitrogens with zero attached hydrogens (tertiary/aromatic N) is 2. The van der Waals surface area contributed by atoms with Crippen molar-refractivity contribution in [1.82, 2.24) is 15.3 Å². The van der Waals surface area contributed by atoms with Crippen molar-refractivity contribution in [2.45, 2.75) is 6.54 Å². The van der Waals surface area contributed by atoms with Gasteiger partial charge < -0.3 is 19.9 Å². The first-order valence-corrected chi connectivity index (χ1v) is 11.2. The number of fused-ring (bicyclic) bond motifs is 1. The number of para-hydroxylation sites is 2. The van der Waals surface area contributed by atoms with Crippen LogP contribution in [0.2, 0.25) is 0 Å². The van der Waals surface area contributed by atoms with E-state index in [2.05, 4.69) is 32.3 Å². The fraction of sp³-hybridized carbons (Fsp3) is 0.185. The molecule has 1 aliphatic rings. The second-order valence-corrected chi connectivity index (χ2v) is 8.02. The molecule has 0 bridgehead atoms. The molecule has 0 saturated carbocycles. The molecule has 0 atom stereocenters. The van der Waals surface area contributed by atoms with Gasteiger partial charge in [-0.1, -0.05) is 54.6 Å². The topological polar surface area (TPSA) is 70.2 Å². The lowest BCUT2D eigenvalue weighted by Gasteiger charge is -2.28. The van der Waals surface area contributed by atoms with E-state index in [1.165, 1.54) is 0 Å². The molecular weight excluding hydrogens is 412 g/mol. The van der Waals surface area contributed by atoms with Gasteiger partial charge in [-0.3, -0.25) is 4.79 Å². The summed E-state index contributed by atoms with van der Waals surface area (Å²) >= 11 is 0. The van der Waals surface area contributed by atoms with Crippen LogP contribution in [0.25, 0.3) is 22.7 Å². The van der Waals surface area contributed by atoms with E-state index in [0.717, 1.165) is 54.2 Å². The molecule has 2 N–H and O–H groups in total. The predicted molar refractivity (Wildman–Crippen MR) is 132 cm³/mol. The smallest absolute Gasteiger partial charge is 0.255 e. The van der Waals surface area contributed by atoms with Crippen LogP contribution in [-0.4, -0.2) is 42.2 Å². The maximum Gasteiger partial charge on any atom is 0.255 e. The van der Waals surface area contributed by atoms with Crippen molar-refractivity contribution in [2.24, 2.45) is 0 Å². The second kappa shape index (κ2) is 9.71. The molecule has 2 heterocycles. The van der Waals surface area contributed by atoms with Gasteiger partial charge in [0.15, 0.2) is 0 Å². The first kappa shape index (κ1) is 21.0. The highest BCUT2D eigenvalue weighted by Crippen LogP contribution is 2.22. The monoisotopic (exact) mass is 438 g/mol. The largest absolute Gasteiger partial charge is 0.378 e. The number of H-pyrrole nitrogens is 1.